The fraction of sp³-hybridized carbons (Fsp3) is 0.222. The minimum atomic E-state index is 0.584. The Bertz CT molecular complexity index is 617. The van der Waals surface area contributed by atoms with Gasteiger partial charge in [-0.3, -0.25) is 0 Å². The molecule has 0 saturated carbocycles. The lowest BCUT2D eigenvalue weighted by molar-refractivity contribution is 0.324. The first-order chi connectivity index (χ1) is 10.1. The molecule has 0 heterocycles. The van der Waals surface area contributed by atoms with E-state index in [1.165, 1.54) is 5.56 Å². The largest absolute Gasteiger partial charge is 0.493 e. The first-order valence-electron chi connectivity index (χ1n) is 6.67. The topological polar surface area (TPSA) is 27.7 Å². The van der Waals surface area contributed by atoms with Gasteiger partial charge in [-0.05, 0) is 35.8 Å². The van der Waals surface area contributed by atoms with Crippen molar-refractivity contribution < 1.29 is 14.2 Å². The lowest BCUT2D eigenvalue weighted by Gasteiger charge is -2.15. The van der Waals surface area contributed by atoms with E-state index in [-0.39, 0.29) is 0 Å². The van der Waals surface area contributed by atoms with Gasteiger partial charge < -0.3 is 14.2 Å². The van der Waals surface area contributed by atoms with Crippen molar-refractivity contribution >= 4 is 5.57 Å². The summed E-state index contributed by atoms with van der Waals surface area (Å²) in [6, 6.07) is 12.1. The predicted molar refractivity (Wildman–Crippen MR) is 85.4 cm³/mol. The zero-order valence-electron chi connectivity index (χ0n) is 12.9. The molecule has 0 aliphatic heterocycles. The molecule has 3 nitrogen and oxygen atoms in total. The van der Waals surface area contributed by atoms with Crippen LogP contribution in [-0.4, -0.2) is 21.3 Å². The Morgan fingerprint density at radius 1 is 0.810 bits per heavy atom. The minimum absolute atomic E-state index is 0.584. The van der Waals surface area contributed by atoms with Crippen LogP contribution in [0.5, 0.6) is 17.2 Å². The van der Waals surface area contributed by atoms with E-state index in [0.29, 0.717) is 17.2 Å². The Morgan fingerprint density at radius 2 is 1.33 bits per heavy atom. The second kappa shape index (κ2) is 6.35. The molecule has 0 amide bonds. The van der Waals surface area contributed by atoms with Crippen LogP contribution in [0.15, 0.2) is 43.0 Å². The van der Waals surface area contributed by atoms with Crippen molar-refractivity contribution in [1.29, 1.82) is 0 Å². The standard InChI is InChI=1S/C18H20O3/c1-12-6-8-14(9-7-12)13(2)15-10-16(19-3)18(21-5)17(11-15)20-4/h6-11H,2H2,1,3-5H3. The van der Waals surface area contributed by atoms with Gasteiger partial charge in [-0.15, -0.1) is 0 Å². The Labute approximate surface area is 125 Å². The lowest BCUT2D eigenvalue weighted by Crippen LogP contribution is -1.97. The third kappa shape index (κ3) is 3.02. The molecule has 0 spiro atoms. The van der Waals surface area contributed by atoms with E-state index in [0.717, 1.165) is 16.7 Å². The van der Waals surface area contributed by atoms with Gasteiger partial charge in [0.1, 0.15) is 0 Å². The van der Waals surface area contributed by atoms with Gasteiger partial charge in [0, 0.05) is 0 Å². The molecule has 110 valence electrons. The number of rotatable bonds is 5. The van der Waals surface area contributed by atoms with Gasteiger partial charge in [0.15, 0.2) is 11.5 Å². The number of aryl methyl sites for hydroxylation is 1. The summed E-state index contributed by atoms with van der Waals surface area (Å²) in [4.78, 5) is 0. The molecule has 0 aliphatic carbocycles. The number of hydrogen-bond acceptors (Lipinski definition) is 3. The molecule has 3 heteroatoms. The second-order valence-corrected chi connectivity index (χ2v) is 4.76. The lowest BCUT2D eigenvalue weighted by atomic mass is 9.98. The van der Waals surface area contributed by atoms with E-state index in [1.807, 2.05) is 12.1 Å². The van der Waals surface area contributed by atoms with Crippen LogP contribution in [0.25, 0.3) is 5.57 Å². The maximum absolute atomic E-state index is 5.38. The van der Waals surface area contributed by atoms with Crippen LogP contribution in [0.2, 0.25) is 0 Å². The molecule has 2 aromatic carbocycles. The zero-order chi connectivity index (χ0) is 15.4. The molecule has 0 saturated heterocycles. The fourth-order valence-corrected chi connectivity index (χ4v) is 2.18. The summed E-state index contributed by atoms with van der Waals surface area (Å²) in [6.45, 7) is 6.24. The van der Waals surface area contributed by atoms with Gasteiger partial charge in [0.05, 0.1) is 21.3 Å². The minimum Gasteiger partial charge on any atom is -0.493 e. The van der Waals surface area contributed by atoms with Crippen molar-refractivity contribution in [1.82, 2.24) is 0 Å². The van der Waals surface area contributed by atoms with Crippen molar-refractivity contribution in [3.05, 3.63) is 59.7 Å². The quantitative estimate of drug-likeness (QED) is 0.828. The van der Waals surface area contributed by atoms with E-state index in [2.05, 4.69) is 37.8 Å². The van der Waals surface area contributed by atoms with Crippen LogP contribution in [0.1, 0.15) is 16.7 Å². The highest BCUT2D eigenvalue weighted by molar-refractivity contribution is 5.80. The first kappa shape index (κ1) is 15.0. The van der Waals surface area contributed by atoms with Gasteiger partial charge >= 0.3 is 0 Å². The predicted octanol–water partition coefficient (Wildman–Crippen LogP) is 4.08. The van der Waals surface area contributed by atoms with E-state index in [1.54, 1.807) is 21.3 Å². The highest BCUT2D eigenvalue weighted by atomic mass is 16.5. The summed E-state index contributed by atoms with van der Waals surface area (Å²) in [6.07, 6.45) is 0. The number of hydrogen-bond donors (Lipinski definition) is 0. The fourth-order valence-electron chi connectivity index (χ4n) is 2.18. The molecule has 21 heavy (non-hydrogen) atoms. The summed E-state index contributed by atoms with van der Waals surface area (Å²) in [7, 11) is 4.81. The molecule has 0 N–H and O–H groups in total. The number of methoxy groups -OCH3 is 3. The summed E-state index contributed by atoms with van der Waals surface area (Å²) < 4.78 is 16.1. The second-order valence-electron chi connectivity index (χ2n) is 4.76. The van der Waals surface area contributed by atoms with Gasteiger partial charge in [-0.25, -0.2) is 0 Å². The van der Waals surface area contributed by atoms with Crippen LogP contribution in [0, 0.1) is 6.92 Å². The van der Waals surface area contributed by atoms with Gasteiger partial charge in [0.25, 0.3) is 0 Å². The maximum atomic E-state index is 5.38. The van der Waals surface area contributed by atoms with Crippen LogP contribution in [0.4, 0.5) is 0 Å². The monoisotopic (exact) mass is 284 g/mol. The van der Waals surface area contributed by atoms with Crippen molar-refractivity contribution in [2.45, 2.75) is 6.92 Å². The van der Waals surface area contributed by atoms with Crippen molar-refractivity contribution in [2.75, 3.05) is 21.3 Å². The Morgan fingerprint density at radius 3 is 1.76 bits per heavy atom. The number of ether oxygens (including phenoxy) is 3. The van der Waals surface area contributed by atoms with Crippen LogP contribution < -0.4 is 14.2 Å². The zero-order valence-corrected chi connectivity index (χ0v) is 12.9. The Hall–Kier alpha value is -2.42. The Balaban J connectivity index is 2.48. The summed E-state index contributed by atoms with van der Waals surface area (Å²) in [5.74, 6) is 1.83. The summed E-state index contributed by atoms with van der Waals surface area (Å²) in [5, 5.41) is 0. The molecular formula is C18H20O3. The molecule has 0 aliphatic rings. The van der Waals surface area contributed by atoms with Crippen LogP contribution in [0.3, 0.4) is 0 Å². The summed E-state index contributed by atoms with van der Waals surface area (Å²) >= 11 is 0. The van der Waals surface area contributed by atoms with E-state index in [4.69, 9.17) is 14.2 Å². The van der Waals surface area contributed by atoms with Gasteiger partial charge in [-0.1, -0.05) is 36.4 Å². The Kier molecular flexibility index (Phi) is 4.53. The molecular weight excluding hydrogens is 264 g/mol. The molecule has 0 atom stereocenters. The molecule has 0 radical (unpaired) electrons. The van der Waals surface area contributed by atoms with Gasteiger partial charge in [-0.2, -0.15) is 0 Å². The molecule has 2 rings (SSSR count). The maximum Gasteiger partial charge on any atom is 0.203 e. The normalized spacial score (nSPS) is 10.1. The smallest absolute Gasteiger partial charge is 0.203 e. The molecule has 0 fully saturated rings. The third-order valence-electron chi connectivity index (χ3n) is 3.41. The average Bonchev–Trinajstić information content (AvgIpc) is 2.53. The van der Waals surface area contributed by atoms with Crippen molar-refractivity contribution in [3.63, 3.8) is 0 Å². The molecule has 0 unspecified atom stereocenters. The molecule has 0 bridgehead atoms. The van der Waals surface area contributed by atoms with E-state index < -0.39 is 0 Å². The van der Waals surface area contributed by atoms with Crippen molar-refractivity contribution in [2.24, 2.45) is 0 Å². The van der Waals surface area contributed by atoms with Crippen LogP contribution >= 0.6 is 0 Å². The summed E-state index contributed by atoms with van der Waals surface area (Å²) in [5.41, 5.74) is 4.13. The number of benzene rings is 2. The SMILES string of the molecule is C=C(c1ccc(C)cc1)c1cc(OC)c(OC)c(OC)c1. The average molecular weight is 284 g/mol. The van der Waals surface area contributed by atoms with E-state index >= 15 is 0 Å². The first-order valence-corrected chi connectivity index (χ1v) is 6.67. The van der Waals surface area contributed by atoms with E-state index in [9.17, 15) is 0 Å². The highest BCUT2D eigenvalue weighted by Gasteiger charge is 2.15. The third-order valence-corrected chi connectivity index (χ3v) is 3.41. The van der Waals surface area contributed by atoms with Crippen LogP contribution in [-0.2, 0) is 0 Å². The van der Waals surface area contributed by atoms with Gasteiger partial charge in [0.2, 0.25) is 5.75 Å². The van der Waals surface area contributed by atoms with Crippen molar-refractivity contribution in [3.8, 4) is 17.2 Å². The molecule has 0 aromatic heterocycles. The molecule has 2 aromatic rings. The highest BCUT2D eigenvalue weighted by Crippen LogP contribution is 2.40.